The van der Waals surface area contributed by atoms with Crippen molar-refractivity contribution in [2.75, 3.05) is 0 Å². The number of hydrogen-bond donors (Lipinski definition) is 1. The van der Waals surface area contributed by atoms with E-state index >= 15 is 0 Å². The minimum Gasteiger partial charge on any atom is -0.324 e. The van der Waals surface area contributed by atoms with Crippen LogP contribution in [0.3, 0.4) is 0 Å². The summed E-state index contributed by atoms with van der Waals surface area (Å²) in [6.45, 7) is 5.25. The van der Waals surface area contributed by atoms with Crippen LogP contribution in [0.25, 0.3) is 0 Å². The molecule has 7 heteroatoms. The average molecular weight is 318 g/mol. The van der Waals surface area contributed by atoms with Crippen molar-refractivity contribution < 1.29 is 17.6 Å². The Bertz CT molecular complexity index is 472. The van der Waals surface area contributed by atoms with E-state index in [0.29, 0.717) is 17.7 Å². The summed E-state index contributed by atoms with van der Waals surface area (Å²) < 4.78 is 51.4. The van der Waals surface area contributed by atoms with Crippen molar-refractivity contribution in [2.45, 2.75) is 25.6 Å². The highest BCUT2D eigenvalue weighted by Gasteiger charge is 2.32. The van der Waals surface area contributed by atoms with Crippen molar-refractivity contribution in [3.8, 4) is 0 Å². The van der Waals surface area contributed by atoms with Gasteiger partial charge in [0.15, 0.2) is 0 Å². The van der Waals surface area contributed by atoms with Crippen LogP contribution in [0.4, 0.5) is 17.6 Å². The maximum atomic E-state index is 13.7. The number of rotatable bonds is 3. The van der Waals surface area contributed by atoms with E-state index in [9.17, 15) is 17.6 Å². The molecule has 1 rings (SSSR count). The van der Waals surface area contributed by atoms with Gasteiger partial charge in [-0.1, -0.05) is 17.2 Å². The Hall–Kier alpha value is -0.780. The molecular formula is C12H13Cl2F4N. The first kappa shape index (κ1) is 18.2. The SMILES string of the molecule is C=C(C)C[C@H](N)c1cc(C(F)(F)F)cc(Cl)c1F.Cl. The summed E-state index contributed by atoms with van der Waals surface area (Å²) in [6, 6.07) is 0.338. The molecule has 0 heterocycles. The van der Waals surface area contributed by atoms with Gasteiger partial charge in [-0.05, 0) is 25.5 Å². The second-order valence-electron chi connectivity index (χ2n) is 4.13. The van der Waals surface area contributed by atoms with Crippen molar-refractivity contribution >= 4 is 24.0 Å². The predicted molar refractivity (Wildman–Crippen MR) is 70.0 cm³/mol. The molecule has 1 atom stereocenters. The van der Waals surface area contributed by atoms with Crippen LogP contribution in [0.1, 0.15) is 30.5 Å². The number of nitrogens with two attached hydrogens (primary N) is 1. The summed E-state index contributed by atoms with van der Waals surface area (Å²) in [4.78, 5) is 0. The summed E-state index contributed by atoms with van der Waals surface area (Å²) in [5, 5.41) is -0.586. The predicted octanol–water partition coefficient (Wildman–Crippen LogP) is 4.89. The van der Waals surface area contributed by atoms with Crippen LogP contribution in [0.2, 0.25) is 5.02 Å². The Balaban J connectivity index is 0.00000324. The second-order valence-corrected chi connectivity index (χ2v) is 4.53. The van der Waals surface area contributed by atoms with Gasteiger partial charge in [0.25, 0.3) is 0 Å². The zero-order valence-electron chi connectivity index (χ0n) is 10.0. The highest BCUT2D eigenvalue weighted by atomic mass is 35.5. The van der Waals surface area contributed by atoms with Crippen molar-refractivity contribution in [3.05, 3.63) is 46.3 Å². The molecule has 0 saturated heterocycles. The minimum absolute atomic E-state index is 0. The smallest absolute Gasteiger partial charge is 0.324 e. The molecule has 19 heavy (non-hydrogen) atoms. The van der Waals surface area contributed by atoms with Gasteiger partial charge in [0.2, 0.25) is 0 Å². The summed E-state index contributed by atoms with van der Waals surface area (Å²) in [6.07, 6.45) is -4.40. The lowest BCUT2D eigenvalue weighted by atomic mass is 9.98. The molecule has 0 bridgehead atoms. The molecule has 0 fully saturated rings. The molecule has 0 saturated carbocycles. The molecule has 0 aromatic heterocycles. The van der Waals surface area contributed by atoms with Crippen LogP contribution in [0.15, 0.2) is 24.3 Å². The van der Waals surface area contributed by atoms with Gasteiger partial charge in [0.05, 0.1) is 10.6 Å². The molecule has 0 amide bonds. The number of benzene rings is 1. The van der Waals surface area contributed by atoms with Crippen LogP contribution in [-0.2, 0) is 6.18 Å². The summed E-state index contributed by atoms with van der Waals surface area (Å²) >= 11 is 5.45. The normalized spacial score (nSPS) is 12.8. The van der Waals surface area contributed by atoms with Crippen molar-refractivity contribution in [2.24, 2.45) is 5.73 Å². The van der Waals surface area contributed by atoms with Gasteiger partial charge in [-0.2, -0.15) is 13.2 Å². The fourth-order valence-electron chi connectivity index (χ4n) is 1.53. The van der Waals surface area contributed by atoms with Gasteiger partial charge in [0.1, 0.15) is 5.82 Å². The molecule has 1 aromatic carbocycles. The fourth-order valence-corrected chi connectivity index (χ4v) is 1.76. The largest absolute Gasteiger partial charge is 0.416 e. The minimum atomic E-state index is -4.59. The summed E-state index contributed by atoms with van der Waals surface area (Å²) in [5.74, 6) is -0.918. The van der Waals surface area contributed by atoms with Crippen LogP contribution in [0, 0.1) is 5.82 Å². The van der Waals surface area contributed by atoms with Crippen LogP contribution < -0.4 is 5.73 Å². The van der Waals surface area contributed by atoms with Gasteiger partial charge in [0, 0.05) is 11.6 Å². The average Bonchev–Trinajstić information content (AvgIpc) is 2.18. The van der Waals surface area contributed by atoms with E-state index in [1.54, 1.807) is 6.92 Å². The van der Waals surface area contributed by atoms with E-state index < -0.39 is 28.6 Å². The van der Waals surface area contributed by atoms with E-state index in [1.807, 2.05) is 0 Å². The standard InChI is InChI=1S/C12H12ClF4N.ClH/c1-6(2)3-10(18)8-4-7(12(15,16)17)5-9(13)11(8)14;/h4-5,10H,1,3,18H2,2H3;1H/t10-;/m0./s1. The summed E-state index contributed by atoms with van der Waals surface area (Å²) in [5.41, 5.74) is 5.03. The van der Waals surface area contributed by atoms with Gasteiger partial charge >= 0.3 is 6.18 Å². The highest BCUT2D eigenvalue weighted by Crippen LogP contribution is 2.35. The molecule has 0 aliphatic carbocycles. The third-order valence-electron chi connectivity index (χ3n) is 2.35. The lowest BCUT2D eigenvalue weighted by Gasteiger charge is -2.16. The van der Waals surface area contributed by atoms with Crippen molar-refractivity contribution in [1.82, 2.24) is 0 Å². The molecular weight excluding hydrogens is 305 g/mol. The maximum absolute atomic E-state index is 13.7. The van der Waals surface area contributed by atoms with E-state index in [4.69, 9.17) is 17.3 Å². The molecule has 0 radical (unpaired) electrons. The fraction of sp³-hybridized carbons (Fsp3) is 0.333. The molecule has 2 N–H and O–H groups in total. The third-order valence-corrected chi connectivity index (χ3v) is 2.63. The summed E-state index contributed by atoms with van der Waals surface area (Å²) in [7, 11) is 0. The van der Waals surface area contributed by atoms with Crippen LogP contribution >= 0.6 is 24.0 Å². The molecule has 1 aromatic rings. The van der Waals surface area contributed by atoms with E-state index in [-0.39, 0.29) is 24.4 Å². The van der Waals surface area contributed by atoms with Crippen molar-refractivity contribution in [1.29, 1.82) is 0 Å². The number of hydrogen-bond acceptors (Lipinski definition) is 1. The lowest BCUT2D eigenvalue weighted by molar-refractivity contribution is -0.137. The van der Waals surface area contributed by atoms with Gasteiger partial charge in [-0.3, -0.25) is 0 Å². The zero-order chi connectivity index (χ0) is 14.1. The Kier molecular flexibility index (Phi) is 6.32. The highest BCUT2D eigenvalue weighted by molar-refractivity contribution is 6.30. The Morgan fingerprint density at radius 3 is 2.37 bits per heavy atom. The topological polar surface area (TPSA) is 26.0 Å². The Morgan fingerprint density at radius 2 is 1.95 bits per heavy atom. The Labute approximate surface area is 119 Å². The molecule has 1 nitrogen and oxygen atoms in total. The molecule has 0 unspecified atom stereocenters. The van der Waals surface area contributed by atoms with Crippen molar-refractivity contribution in [3.63, 3.8) is 0 Å². The van der Waals surface area contributed by atoms with Gasteiger partial charge in [-0.25, -0.2) is 4.39 Å². The van der Waals surface area contributed by atoms with Crippen LogP contribution in [0.5, 0.6) is 0 Å². The molecule has 0 aliphatic heterocycles. The van der Waals surface area contributed by atoms with E-state index in [2.05, 4.69) is 6.58 Å². The monoisotopic (exact) mass is 317 g/mol. The first-order valence-electron chi connectivity index (χ1n) is 5.09. The third kappa shape index (κ3) is 4.67. The van der Waals surface area contributed by atoms with Gasteiger partial charge in [-0.15, -0.1) is 19.0 Å². The lowest BCUT2D eigenvalue weighted by Crippen LogP contribution is -2.15. The first-order chi connectivity index (χ1) is 8.12. The van der Waals surface area contributed by atoms with Crippen LogP contribution in [-0.4, -0.2) is 0 Å². The first-order valence-corrected chi connectivity index (χ1v) is 5.46. The second kappa shape index (κ2) is 6.59. The van der Waals surface area contributed by atoms with E-state index in [1.165, 1.54) is 0 Å². The Morgan fingerprint density at radius 1 is 1.42 bits per heavy atom. The number of alkyl halides is 3. The van der Waals surface area contributed by atoms with E-state index in [0.717, 1.165) is 0 Å². The quantitative estimate of drug-likeness (QED) is 0.623. The molecule has 0 spiro atoms. The number of halogens is 6. The van der Waals surface area contributed by atoms with Gasteiger partial charge < -0.3 is 5.73 Å². The zero-order valence-corrected chi connectivity index (χ0v) is 11.6. The molecule has 108 valence electrons. The maximum Gasteiger partial charge on any atom is 0.416 e. The molecule has 0 aliphatic rings.